The summed E-state index contributed by atoms with van der Waals surface area (Å²) >= 11 is 0. The van der Waals surface area contributed by atoms with Gasteiger partial charge in [0.1, 0.15) is 0 Å². The molecule has 94 valence electrons. The van der Waals surface area contributed by atoms with Crippen molar-refractivity contribution < 1.29 is 4.74 Å². The molecular formula is C13H26N2O. The topological polar surface area (TPSA) is 24.5 Å². The van der Waals surface area contributed by atoms with Crippen LogP contribution in [0.2, 0.25) is 0 Å². The lowest BCUT2D eigenvalue weighted by molar-refractivity contribution is -0.00593. The van der Waals surface area contributed by atoms with E-state index in [4.69, 9.17) is 4.74 Å². The Morgan fingerprint density at radius 3 is 2.75 bits per heavy atom. The molecule has 2 aliphatic rings. The van der Waals surface area contributed by atoms with Crippen molar-refractivity contribution in [2.45, 2.75) is 51.2 Å². The van der Waals surface area contributed by atoms with Crippen LogP contribution in [0.5, 0.6) is 0 Å². The third kappa shape index (κ3) is 3.72. The molecule has 0 bridgehead atoms. The minimum atomic E-state index is 0.495. The Morgan fingerprint density at radius 2 is 2.12 bits per heavy atom. The fourth-order valence-corrected chi connectivity index (χ4v) is 2.80. The number of hydrogen-bond acceptors (Lipinski definition) is 3. The minimum absolute atomic E-state index is 0.495. The summed E-state index contributed by atoms with van der Waals surface area (Å²) in [6.07, 6.45) is 7.06. The summed E-state index contributed by atoms with van der Waals surface area (Å²) in [5.74, 6) is 0. The van der Waals surface area contributed by atoms with Crippen LogP contribution in [-0.4, -0.2) is 49.8 Å². The Hall–Kier alpha value is -0.120. The number of nitrogens with one attached hydrogen (secondary N) is 1. The van der Waals surface area contributed by atoms with E-state index in [2.05, 4.69) is 17.1 Å². The summed E-state index contributed by atoms with van der Waals surface area (Å²) in [6.45, 7) is 7.94. The lowest BCUT2D eigenvalue weighted by Crippen LogP contribution is -2.42. The van der Waals surface area contributed by atoms with Crippen molar-refractivity contribution in [3.63, 3.8) is 0 Å². The Bertz CT molecular complexity index is 186. The molecule has 16 heavy (non-hydrogen) atoms. The number of ether oxygens (including phenoxy) is 1. The largest absolute Gasteiger partial charge is 0.377 e. The van der Waals surface area contributed by atoms with Crippen LogP contribution < -0.4 is 5.32 Å². The van der Waals surface area contributed by atoms with Gasteiger partial charge in [-0.3, -0.25) is 4.90 Å². The van der Waals surface area contributed by atoms with Crippen molar-refractivity contribution in [1.29, 1.82) is 0 Å². The molecule has 0 aromatic carbocycles. The van der Waals surface area contributed by atoms with E-state index in [1.807, 2.05) is 0 Å². The molecule has 0 aliphatic carbocycles. The maximum absolute atomic E-state index is 5.81. The molecule has 2 heterocycles. The average Bonchev–Trinajstić information content (AvgIpc) is 2.82. The van der Waals surface area contributed by atoms with E-state index < -0.39 is 0 Å². The molecule has 2 rings (SSSR count). The van der Waals surface area contributed by atoms with E-state index in [0.29, 0.717) is 6.10 Å². The van der Waals surface area contributed by atoms with Gasteiger partial charge in [-0.2, -0.15) is 0 Å². The van der Waals surface area contributed by atoms with E-state index in [-0.39, 0.29) is 0 Å². The summed E-state index contributed by atoms with van der Waals surface area (Å²) in [6, 6.07) is 0.726. The summed E-state index contributed by atoms with van der Waals surface area (Å²) in [5, 5.41) is 3.58. The first-order valence-corrected chi connectivity index (χ1v) is 6.96. The number of likely N-dealkylation sites (N-methyl/N-ethyl adjacent to an activating group) is 1. The molecule has 2 fully saturated rings. The lowest BCUT2D eigenvalue weighted by atomic mass is 10.1. The quantitative estimate of drug-likeness (QED) is 0.771. The summed E-state index contributed by atoms with van der Waals surface area (Å²) in [4.78, 5) is 2.55. The molecule has 2 unspecified atom stereocenters. The zero-order valence-electron chi connectivity index (χ0n) is 10.6. The van der Waals surface area contributed by atoms with Crippen molar-refractivity contribution in [3.05, 3.63) is 0 Å². The number of rotatable bonds is 5. The van der Waals surface area contributed by atoms with Crippen LogP contribution in [0.15, 0.2) is 0 Å². The van der Waals surface area contributed by atoms with E-state index in [9.17, 15) is 0 Å². The van der Waals surface area contributed by atoms with Crippen LogP contribution in [0.1, 0.15) is 39.0 Å². The minimum Gasteiger partial charge on any atom is -0.377 e. The molecule has 0 spiro atoms. The zero-order valence-corrected chi connectivity index (χ0v) is 10.6. The first-order chi connectivity index (χ1) is 7.88. The second kappa shape index (κ2) is 6.58. The van der Waals surface area contributed by atoms with Gasteiger partial charge in [-0.1, -0.05) is 6.92 Å². The molecule has 0 radical (unpaired) electrons. The zero-order chi connectivity index (χ0) is 11.2. The van der Waals surface area contributed by atoms with Gasteiger partial charge in [-0.05, 0) is 45.2 Å². The van der Waals surface area contributed by atoms with Gasteiger partial charge in [0, 0.05) is 25.7 Å². The first-order valence-electron chi connectivity index (χ1n) is 6.96. The van der Waals surface area contributed by atoms with Crippen LogP contribution in [0.25, 0.3) is 0 Å². The van der Waals surface area contributed by atoms with Crippen LogP contribution in [0.3, 0.4) is 0 Å². The highest BCUT2D eigenvalue weighted by Crippen LogP contribution is 2.15. The molecule has 1 N–H and O–H groups in total. The molecular weight excluding hydrogens is 200 g/mol. The third-order valence-corrected chi connectivity index (χ3v) is 3.82. The van der Waals surface area contributed by atoms with Crippen molar-refractivity contribution in [2.75, 3.05) is 32.8 Å². The molecule has 0 saturated carbocycles. The molecule has 0 amide bonds. The molecule has 0 aromatic heterocycles. The lowest BCUT2D eigenvalue weighted by Gasteiger charge is -2.30. The second-order valence-electron chi connectivity index (χ2n) is 5.13. The Kier molecular flexibility index (Phi) is 5.07. The average molecular weight is 226 g/mol. The van der Waals surface area contributed by atoms with E-state index >= 15 is 0 Å². The van der Waals surface area contributed by atoms with Crippen LogP contribution >= 0.6 is 0 Å². The SMILES string of the molecule is CCN(CC1CCCN1)CC1CCCCO1. The molecule has 3 nitrogen and oxygen atoms in total. The molecule has 0 aromatic rings. The standard InChI is InChI=1S/C13H26N2O/c1-2-15(10-12-6-5-8-14-12)11-13-7-3-4-9-16-13/h12-14H,2-11H2,1H3. The highest BCUT2D eigenvalue weighted by atomic mass is 16.5. The van der Waals surface area contributed by atoms with Gasteiger partial charge >= 0.3 is 0 Å². The first kappa shape index (κ1) is 12.3. The monoisotopic (exact) mass is 226 g/mol. The highest BCUT2D eigenvalue weighted by molar-refractivity contribution is 4.79. The maximum atomic E-state index is 5.81. The van der Waals surface area contributed by atoms with Gasteiger partial charge in [-0.15, -0.1) is 0 Å². The molecule has 2 atom stereocenters. The fourth-order valence-electron chi connectivity index (χ4n) is 2.80. The Labute approximate surface area is 99.5 Å². The normalized spacial score (nSPS) is 31.1. The number of nitrogens with zero attached hydrogens (tertiary/aromatic N) is 1. The predicted molar refractivity (Wildman–Crippen MR) is 66.7 cm³/mol. The fraction of sp³-hybridized carbons (Fsp3) is 1.00. The highest BCUT2D eigenvalue weighted by Gasteiger charge is 2.21. The Balaban J connectivity index is 1.70. The van der Waals surface area contributed by atoms with Crippen molar-refractivity contribution in [3.8, 4) is 0 Å². The van der Waals surface area contributed by atoms with Crippen molar-refractivity contribution in [1.82, 2.24) is 10.2 Å². The van der Waals surface area contributed by atoms with Gasteiger partial charge in [0.2, 0.25) is 0 Å². The van der Waals surface area contributed by atoms with Crippen molar-refractivity contribution in [2.24, 2.45) is 0 Å². The Morgan fingerprint density at radius 1 is 1.19 bits per heavy atom. The maximum Gasteiger partial charge on any atom is 0.0702 e. The molecule has 2 aliphatic heterocycles. The molecule has 2 saturated heterocycles. The van der Waals surface area contributed by atoms with Gasteiger partial charge < -0.3 is 10.1 Å². The third-order valence-electron chi connectivity index (χ3n) is 3.82. The van der Waals surface area contributed by atoms with Gasteiger partial charge in [0.05, 0.1) is 6.10 Å². The van der Waals surface area contributed by atoms with E-state index in [1.165, 1.54) is 45.2 Å². The van der Waals surface area contributed by atoms with Gasteiger partial charge in [-0.25, -0.2) is 0 Å². The van der Waals surface area contributed by atoms with Gasteiger partial charge in [0.15, 0.2) is 0 Å². The predicted octanol–water partition coefficient (Wildman–Crippen LogP) is 1.63. The van der Waals surface area contributed by atoms with Gasteiger partial charge in [0.25, 0.3) is 0 Å². The number of hydrogen-bond donors (Lipinski definition) is 1. The summed E-state index contributed by atoms with van der Waals surface area (Å²) in [5.41, 5.74) is 0. The van der Waals surface area contributed by atoms with Crippen LogP contribution in [0, 0.1) is 0 Å². The molecule has 3 heteroatoms. The van der Waals surface area contributed by atoms with Crippen LogP contribution in [-0.2, 0) is 4.74 Å². The van der Waals surface area contributed by atoms with E-state index in [0.717, 1.165) is 25.7 Å². The smallest absolute Gasteiger partial charge is 0.0702 e. The van der Waals surface area contributed by atoms with Crippen molar-refractivity contribution >= 4 is 0 Å². The second-order valence-corrected chi connectivity index (χ2v) is 5.13. The van der Waals surface area contributed by atoms with Crippen LogP contribution in [0.4, 0.5) is 0 Å². The summed E-state index contributed by atoms with van der Waals surface area (Å²) in [7, 11) is 0. The van der Waals surface area contributed by atoms with E-state index in [1.54, 1.807) is 0 Å². The summed E-state index contributed by atoms with van der Waals surface area (Å²) < 4.78 is 5.81.